The first-order valence-corrected chi connectivity index (χ1v) is 18.7. The van der Waals surface area contributed by atoms with Crippen LogP contribution in [-0.4, -0.2) is 33.7 Å². The van der Waals surface area contributed by atoms with Crippen molar-refractivity contribution in [2.75, 3.05) is 0 Å². The van der Waals surface area contributed by atoms with Crippen molar-refractivity contribution in [2.24, 2.45) is 0 Å². The second kappa shape index (κ2) is 5.24. The SMILES string of the molecule is s1ss[se][se][se]s1. The van der Waals surface area contributed by atoms with Crippen LogP contribution in [-0.2, 0) is 0 Å². The molecule has 0 aliphatic carbocycles. The molecule has 0 amide bonds. The van der Waals surface area contributed by atoms with Gasteiger partial charge in [0.25, 0.3) is 0 Å². The molecule has 0 fully saturated rings. The molecule has 0 aliphatic heterocycles. The van der Waals surface area contributed by atoms with Gasteiger partial charge in [-0.15, -0.1) is 0 Å². The summed E-state index contributed by atoms with van der Waals surface area (Å²) in [6, 6.07) is 0. The van der Waals surface area contributed by atoms with Crippen LogP contribution in [0, 0.1) is 0 Å². The van der Waals surface area contributed by atoms with Crippen molar-refractivity contribution in [3.8, 4) is 0 Å². The van der Waals surface area contributed by atoms with Crippen molar-refractivity contribution in [1.82, 2.24) is 0 Å². The van der Waals surface area contributed by atoms with E-state index in [0.717, 1.165) is 33.7 Å². The molecule has 0 saturated heterocycles. The Morgan fingerprint density at radius 1 is 0.857 bits per heavy atom. The minimum atomic E-state index is 0.966. The molecule has 42 valence electrons. The van der Waals surface area contributed by atoms with Gasteiger partial charge in [-0.1, -0.05) is 0 Å². The molecule has 0 radical (unpaired) electrons. The summed E-state index contributed by atoms with van der Waals surface area (Å²) in [5, 5.41) is 0. The number of rotatable bonds is 0. The van der Waals surface area contributed by atoms with E-state index in [0.29, 0.717) is 0 Å². The zero-order valence-corrected chi connectivity index (χ0v) is 11.3. The van der Waals surface area contributed by atoms with E-state index in [1.807, 2.05) is 18.7 Å². The van der Waals surface area contributed by atoms with Crippen LogP contribution in [0.3, 0.4) is 0 Å². The van der Waals surface area contributed by atoms with Crippen molar-refractivity contribution in [2.45, 2.75) is 0 Å². The summed E-state index contributed by atoms with van der Waals surface area (Å²) >= 11 is 1.93. The topological polar surface area (TPSA) is 0 Å². The number of hydrogen-bond acceptors (Lipinski definition) is 4. The van der Waals surface area contributed by atoms with E-state index in [1.54, 1.807) is 0 Å². The van der Waals surface area contributed by atoms with E-state index in [2.05, 4.69) is 17.4 Å². The molecule has 1 aromatic rings. The molecular weight excluding hydrogens is 365 g/mol. The van der Waals surface area contributed by atoms with E-state index in [4.69, 9.17) is 0 Å². The molecule has 0 saturated carbocycles. The number of hydrogen-bond donors (Lipinski definition) is 0. The third-order valence-corrected chi connectivity index (χ3v) is 46.9. The van der Waals surface area contributed by atoms with Crippen molar-refractivity contribution in [3.63, 3.8) is 0 Å². The normalized spacial score (nSPS) is 8.00. The van der Waals surface area contributed by atoms with Gasteiger partial charge in [0.15, 0.2) is 0 Å². The molecule has 0 unspecified atom stereocenters. The third-order valence-electron chi connectivity index (χ3n) is 0.194. The fraction of sp³-hybridized carbons (Fsp3) is 0. The van der Waals surface area contributed by atoms with Crippen LogP contribution in [0.2, 0.25) is 0 Å². The van der Waals surface area contributed by atoms with Crippen LogP contribution in [0.15, 0.2) is 0 Å². The van der Waals surface area contributed by atoms with Gasteiger partial charge in [-0.2, -0.15) is 0 Å². The predicted molar refractivity (Wildman–Crippen MR) is 44.0 cm³/mol. The summed E-state index contributed by atoms with van der Waals surface area (Å²) in [5.41, 5.74) is 0. The Balaban J connectivity index is 3.06. The van der Waals surface area contributed by atoms with Crippen LogP contribution < -0.4 is 0 Å². The Bertz CT molecular complexity index is 94.9. The van der Waals surface area contributed by atoms with E-state index in [9.17, 15) is 0 Å². The minimum absolute atomic E-state index is 0.966. The van der Waals surface area contributed by atoms with Crippen LogP contribution in [0.5, 0.6) is 0 Å². The van der Waals surface area contributed by atoms with Crippen molar-refractivity contribution >= 4 is 69.9 Å². The molecule has 0 aliphatic rings. The molecule has 0 aromatic carbocycles. The van der Waals surface area contributed by atoms with Crippen LogP contribution in [0.25, 0.3) is 0 Å². The van der Waals surface area contributed by atoms with E-state index < -0.39 is 0 Å². The van der Waals surface area contributed by atoms with E-state index in [-0.39, 0.29) is 0 Å². The second-order valence-corrected chi connectivity index (χ2v) is 30.6. The monoisotopic (exact) mass is 368 g/mol. The zero-order chi connectivity index (χ0) is 4.95. The Hall–Kier alpha value is 2.44. The van der Waals surface area contributed by atoms with Gasteiger partial charge in [-0.25, -0.2) is 0 Å². The average molecular weight is 365 g/mol. The molecule has 0 bridgehead atoms. The molecule has 7 heavy (non-hydrogen) atoms. The van der Waals surface area contributed by atoms with Crippen molar-refractivity contribution < 1.29 is 0 Å². The van der Waals surface area contributed by atoms with E-state index >= 15 is 0 Å². The summed E-state index contributed by atoms with van der Waals surface area (Å²) in [5.74, 6) is 0. The molecule has 0 atom stereocenters. The maximum absolute atomic E-state index is 2.08. The molecular formula is S4Se3. The third kappa shape index (κ3) is 3.93. The van der Waals surface area contributed by atoms with Gasteiger partial charge < -0.3 is 0 Å². The Morgan fingerprint density at radius 2 is 1.43 bits per heavy atom. The first-order valence-electron chi connectivity index (χ1n) is 1.17. The molecule has 0 nitrogen and oxygen atoms in total. The maximum atomic E-state index is 2.08. The van der Waals surface area contributed by atoms with Gasteiger partial charge in [-0.3, -0.25) is 0 Å². The Labute approximate surface area is 68.6 Å². The molecule has 1 heterocycles. The van der Waals surface area contributed by atoms with Crippen LogP contribution in [0.4, 0.5) is 0 Å². The fourth-order valence-electron chi connectivity index (χ4n) is 0.0794. The van der Waals surface area contributed by atoms with Gasteiger partial charge in [0.2, 0.25) is 0 Å². The summed E-state index contributed by atoms with van der Waals surface area (Å²) in [7, 11) is 9.15. The van der Waals surface area contributed by atoms with Gasteiger partial charge in [-0.05, 0) is 0 Å². The zero-order valence-electron chi connectivity index (χ0n) is 2.86. The molecule has 7 heteroatoms. The summed E-state index contributed by atoms with van der Waals surface area (Å²) < 4.78 is 0. The van der Waals surface area contributed by atoms with Gasteiger partial charge in [0.05, 0.1) is 0 Å². The fourth-order valence-corrected chi connectivity index (χ4v) is 69.0. The van der Waals surface area contributed by atoms with E-state index in [1.165, 1.54) is 0 Å². The van der Waals surface area contributed by atoms with Crippen LogP contribution >= 0.6 is 36.1 Å². The van der Waals surface area contributed by atoms with Crippen molar-refractivity contribution in [3.05, 3.63) is 0 Å². The molecule has 0 N–H and O–H groups in total. The van der Waals surface area contributed by atoms with Crippen LogP contribution in [0.1, 0.15) is 0 Å². The van der Waals surface area contributed by atoms with Gasteiger partial charge in [0, 0.05) is 0 Å². The average Bonchev–Trinajstić information content (AvgIpc) is 1.90. The standard InChI is InChI=1S/S4Se3/c1-2-4-6-7-5-3-1. The summed E-state index contributed by atoms with van der Waals surface area (Å²) in [4.78, 5) is 0. The first kappa shape index (κ1) is 7.54. The van der Waals surface area contributed by atoms with Crippen molar-refractivity contribution in [1.29, 1.82) is 0 Å². The van der Waals surface area contributed by atoms with Gasteiger partial charge >= 0.3 is 69.9 Å². The first-order chi connectivity index (χ1) is 3.50. The summed E-state index contributed by atoms with van der Waals surface area (Å²) in [6.45, 7) is 0. The molecule has 1 aromatic heterocycles. The molecule has 1 rings (SSSR count). The Morgan fingerprint density at radius 3 is 2.00 bits per heavy atom. The molecule has 0 spiro atoms. The second-order valence-electron chi connectivity index (χ2n) is 0.476. The predicted octanol–water partition coefficient (Wildman–Crippen LogP) is 1.35. The van der Waals surface area contributed by atoms with Gasteiger partial charge in [0.1, 0.15) is 0 Å². The quantitative estimate of drug-likeness (QED) is 0.481. The summed E-state index contributed by atoms with van der Waals surface area (Å²) in [6.07, 6.45) is 0. The Kier molecular flexibility index (Phi) is 5.65.